The van der Waals surface area contributed by atoms with Gasteiger partial charge >= 0.3 is 5.97 Å². The zero-order valence-electron chi connectivity index (χ0n) is 19.7. The number of hydrogen-bond acceptors (Lipinski definition) is 8. The van der Waals surface area contributed by atoms with Gasteiger partial charge in [-0.15, -0.1) is 0 Å². The van der Waals surface area contributed by atoms with Gasteiger partial charge in [0, 0.05) is 5.92 Å². The number of benzene rings is 2. The molecule has 4 atom stereocenters. The summed E-state index contributed by atoms with van der Waals surface area (Å²) in [6.07, 6.45) is -0.443. The first-order chi connectivity index (χ1) is 16.3. The van der Waals surface area contributed by atoms with E-state index < -0.39 is 10.2 Å². The molecular weight excluding hydrogens is 508 g/mol. The molecule has 2 aliphatic heterocycles. The van der Waals surface area contributed by atoms with Gasteiger partial charge in [-0.05, 0) is 54.8 Å². The molecule has 2 heterocycles. The van der Waals surface area contributed by atoms with E-state index in [2.05, 4.69) is 15.9 Å². The first kappa shape index (κ1) is 23.1. The zero-order valence-corrected chi connectivity index (χ0v) is 21.3. The fourth-order valence-corrected chi connectivity index (χ4v) is 6.25. The van der Waals surface area contributed by atoms with E-state index in [-0.39, 0.29) is 37.5 Å². The highest BCUT2D eigenvalue weighted by atomic mass is 79.9. The minimum absolute atomic E-state index is 0.0616. The van der Waals surface area contributed by atoms with Crippen molar-refractivity contribution in [1.82, 2.24) is 0 Å². The Balaban J connectivity index is 1.79. The predicted molar refractivity (Wildman–Crippen MR) is 126 cm³/mol. The monoisotopic (exact) mass is 534 g/mol. The van der Waals surface area contributed by atoms with E-state index in [4.69, 9.17) is 33.2 Å². The van der Waals surface area contributed by atoms with Crippen LogP contribution in [-0.4, -0.2) is 51.1 Å². The Morgan fingerprint density at radius 3 is 2.12 bits per heavy atom. The molecule has 182 valence electrons. The molecule has 0 spiro atoms. The molecule has 1 aliphatic carbocycles. The van der Waals surface area contributed by atoms with Crippen molar-refractivity contribution in [3.8, 4) is 28.7 Å². The third-order valence-electron chi connectivity index (χ3n) is 6.67. The SMILES string of the molecule is COc1cc([C@@H]2c3cc4c(cc3[C@H](OC(C)C)[C@H]3COC(=O)[C@@]23Br)OCO4)cc(OC)c1OC. The summed E-state index contributed by atoms with van der Waals surface area (Å²) in [5.74, 6) is 1.70. The number of esters is 1. The summed E-state index contributed by atoms with van der Waals surface area (Å²) in [5.41, 5.74) is 2.63. The van der Waals surface area contributed by atoms with Crippen molar-refractivity contribution in [3.63, 3.8) is 0 Å². The van der Waals surface area contributed by atoms with Gasteiger partial charge in [-0.3, -0.25) is 4.79 Å². The Kier molecular flexibility index (Phi) is 5.80. The van der Waals surface area contributed by atoms with Crippen LogP contribution >= 0.6 is 15.9 Å². The molecule has 2 aromatic rings. The van der Waals surface area contributed by atoms with Gasteiger partial charge in [0.2, 0.25) is 12.5 Å². The van der Waals surface area contributed by atoms with Crippen LogP contribution in [0.15, 0.2) is 24.3 Å². The lowest BCUT2D eigenvalue weighted by Crippen LogP contribution is -2.48. The lowest BCUT2D eigenvalue weighted by atomic mass is 9.66. The Labute approximate surface area is 206 Å². The lowest BCUT2D eigenvalue weighted by molar-refractivity contribution is -0.140. The number of methoxy groups -OCH3 is 3. The van der Waals surface area contributed by atoms with Gasteiger partial charge in [0.15, 0.2) is 23.0 Å². The van der Waals surface area contributed by atoms with Crippen LogP contribution in [0.3, 0.4) is 0 Å². The van der Waals surface area contributed by atoms with Gasteiger partial charge < -0.3 is 33.2 Å². The standard InChI is InChI=1S/C25H27BrO8/c1-12(2)34-22-15-9-18-17(32-11-33-18)8-14(15)21(25(26)16(22)10-31-24(25)27)13-6-19(28-3)23(30-5)20(7-13)29-4/h6-9,12,16,21-22H,10-11H2,1-5H3/t16-,21-,22+,25+/m1/s1. The number of carbonyl (C=O) groups is 1. The van der Waals surface area contributed by atoms with E-state index in [0.29, 0.717) is 28.7 Å². The second-order valence-electron chi connectivity index (χ2n) is 8.80. The molecule has 0 aromatic heterocycles. The summed E-state index contributed by atoms with van der Waals surface area (Å²) >= 11 is 3.86. The first-order valence-electron chi connectivity index (χ1n) is 11.1. The number of halogens is 1. The Bertz CT molecular complexity index is 1110. The topological polar surface area (TPSA) is 81.7 Å². The van der Waals surface area contributed by atoms with Gasteiger partial charge in [-0.1, -0.05) is 15.9 Å². The Morgan fingerprint density at radius 2 is 1.56 bits per heavy atom. The molecule has 0 bridgehead atoms. The minimum Gasteiger partial charge on any atom is -0.493 e. The lowest BCUT2D eigenvalue weighted by Gasteiger charge is -2.44. The highest BCUT2D eigenvalue weighted by molar-refractivity contribution is 9.10. The zero-order chi connectivity index (χ0) is 24.2. The summed E-state index contributed by atoms with van der Waals surface area (Å²) in [6.45, 7) is 4.33. The Hall–Kier alpha value is -2.65. The van der Waals surface area contributed by atoms with Crippen molar-refractivity contribution in [2.75, 3.05) is 34.7 Å². The van der Waals surface area contributed by atoms with Crippen LogP contribution in [0, 0.1) is 5.92 Å². The summed E-state index contributed by atoms with van der Waals surface area (Å²) in [6, 6.07) is 7.64. The number of cyclic esters (lactones) is 1. The molecule has 8 nitrogen and oxygen atoms in total. The van der Waals surface area contributed by atoms with Gasteiger partial charge in [0.05, 0.1) is 46.1 Å². The van der Waals surface area contributed by atoms with Crippen LogP contribution in [0.25, 0.3) is 0 Å². The van der Waals surface area contributed by atoms with E-state index >= 15 is 0 Å². The molecule has 34 heavy (non-hydrogen) atoms. The molecule has 1 fully saturated rings. The molecule has 0 saturated carbocycles. The number of hydrogen-bond donors (Lipinski definition) is 0. The van der Waals surface area contributed by atoms with Crippen molar-refractivity contribution < 1.29 is 38.0 Å². The van der Waals surface area contributed by atoms with E-state index in [1.165, 1.54) is 0 Å². The molecule has 5 rings (SSSR count). The maximum Gasteiger partial charge on any atom is 0.324 e. The van der Waals surface area contributed by atoms with Gasteiger partial charge in [-0.2, -0.15) is 0 Å². The van der Waals surface area contributed by atoms with Crippen molar-refractivity contribution in [2.24, 2.45) is 5.92 Å². The van der Waals surface area contributed by atoms with Crippen LogP contribution in [0.2, 0.25) is 0 Å². The van der Waals surface area contributed by atoms with E-state index in [1.807, 2.05) is 38.1 Å². The largest absolute Gasteiger partial charge is 0.493 e. The maximum atomic E-state index is 13.4. The van der Waals surface area contributed by atoms with E-state index in [9.17, 15) is 4.79 Å². The number of ether oxygens (including phenoxy) is 7. The third-order valence-corrected chi connectivity index (χ3v) is 8.04. The highest BCUT2D eigenvalue weighted by Gasteiger charge is 2.63. The van der Waals surface area contributed by atoms with Crippen molar-refractivity contribution in [1.29, 1.82) is 0 Å². The minimum atomic E-state index is -1.07. The highest BCUT2D eigenvalue weighted by Crippen LogP contribution is 2.61. The number of fused-ring (bicyclic) bond motifs is 3. The molecule has 1 saturated heterocycles. The molecule has 9 heteroatoms. The smallest absolute Gasteiger partial charge is 0.324 e. The van der Waals surface area contributed by atoms with Crippen LogP contribution < -0.4 is 23.7 Å². The molecule has 3 aliphatic rings. The molecule has 0 unspecified atom stereocenters. The summed E-state index contributed by atoms with van der Waals surface area (Å²) in [4.78, 5) is 13.4. The Morgan fingerprint density at radius 1 is 0.941 bits per heavy atom. The molecule has 0 amide bonds. The summed E-state index contributed by atoms with van der Waals surface area (Å²) < 4.78 is 39.1. The fraction of sp³-hybridized carbons (Fsp3) is 0.480. The van der Waals surface area contributed by atoms with E-state index in [0.717, 1.165) is 16.7 Å². The molecular formula is C25H27BrO8. The predicted octanol–water partition coefficient (Wildman–Crippen LogP) is 4.36. The average molecular weight is 535 g/mol. The van der Waals surface area contributed by atoms with E-state index in [1.54, 1.807) is 21.3 Å². The van der Waals surface area contributed by atoms with Crippen LogP contribution in [0.1, 0.15) is 42.6 Å². The van der Waals surface area contributed by atoms with Crippen LogP contribution in [0.5, 0.6) is 28.7 Å². The van der Waals surface area contributed by atoms with Crippen molar-refractivity contribution in [3.05, 3.63) is 41.0 Å². The van der Waals surface area contributed by atoms with Crippen molar-refractivity contribution in [2.45, 2.75) is 36.3 Å². The normalized spacial score (nSPS) is 26.7. The number of alkyl halides is 1. The maximum absolute atomic E-state index is 13.4. The average Bonchev–Trinajstić information content (AvgIpc) is 3.40. The fourth-order valence-electron chi connectivity index (χ4n) is 5.25. The molecule has 2 aromatic carbocycles. The second-order valence-corrected chi connectivity index (χ2v) is 10.1. The molecule has 0 N–H and O–H groups in total. The first-order valence-corrected chi connectivity index (χ1v) is 11.9. The summed E-state index contributed by atoms with van der Waals surface area (Å²) in [7, 11) is 4.69. The quantitative estimate of drug-likeness (QED) is 0.399. The second kappa shape index (κ2) is 8.53. The third kappa shape index (κ3) is 3.32. The van der Waals surface area contributed by atoms with Gasteiger partial charge in [-0.25, -0.2) is 0 Å². The van der Waals surface area contributed by atoms with Crippen LogP contribution in [-0.2, 0) is 14.3 Å². The van der Waals surface area contributed by atoms with Gasteiger partial charge in [0.25, 0.3) is 0 Å². The van der Waals surface area contributed by atoms with Gasteiger partial charge in [0.1, 0.15) is 4.32 Å². The van der Waals surface area contributed by atoms with Crippen LogP contribution in [0.4, 0.5) is 0 Å². The number of rotatable bonds is 6. The van der Waals surface area contributed by atoms with Crippen molar-refractivity contribution >= 4 is 21.9 Å². The molecule has 0 radical (unpaired) electrons. The summed E-state index contributed by atoms with van der Waals surface area (Å²) in [5, 5.41) is 0. The number of carbonyl (C=O) groups excluding carboxylic acids is 1.